The minimum atomic E-state index is -0.245. The van der Waals surface area contributed by atoms with E-state index in [4.69, 9.17) is 39.4 Å². The number of thiophene rings is 1. The Balaban J connectivity index is 0.000000137. The second-order valence-corrected chi connectivity index (χ2v) is 32.1. The molecule has 120 heavy (non-hydrogen) atoms. The zero-order valence-electron chi connectivity index (χ0n) is 64.6. The molecule has 564 valence electrons. The van der Waals surface area contributed by atoms with Gasteiger partial charge in [0.05, 0.1) is 33.5 Å². The lowest BCUT2D eigenvalue weighted by molar-refractivity contribution is 0.224. The van der Waals surface area contributed by atoms with Crippen LogP contribution >= 0.6 is 11.3 Å². The van der Waals surface area contributed by atoms with Crippen LogP contribution < -0.4 is 9.47 Å². The fraction of sp³-hybridized carbons (Fsp3) is 0.0370. The summed E-state index contributed by atoms with van der Waals surface area (Å²) in [5, 5.41) is 7.18. The first-order chi connectivity index (χ1) is 59.5. The Bertz CT molecular complexity index is 7720. The van der Waals surface area contributed by atoms with E-state index in [1.54, 1.807) is 11.3 Å². The molecule has 8 heterocycles. The lowest BCUT2D eigenvalue weighted by Crippen LogP contribution is -2.14. The van der Waals surface area contributed by atoms with E-state index in [9.17, 15) is 0 Å². The summed E-state index contributed by atoms with van der Waals surface area (Å²) in [6.07, 6.45) is 8.75. The highest BCUT2D eigenvalue weighted by molar-refractivity contribution is 7.25. The summed E-state index contributed by atoms with van der Waals surface area (Å²) in [4.78, 5) is 31.6. The molecule has 0 saturated heterocycles. The maximum atomic E-state index is 7.11. The molecule has 2 aliphatic heterocycles. The first-order valence-electron chi connectivity index (χ1n) is 40.7. The number of ether oxygens (including phenoxy) is 2. The van der Waals surface area contributed by atoms with E-state index < -0.39 is 0 Å². The Kier molecular flexibility index (Phi) is 16.2. The van der Waals surface area contributed by atoms with Gasteiger partial charge in [0.1, 0.15) is 23.7 Å². The minimum absolute atomic E-state index is 0.0334. The maximum absolute atomic E-state index is 7.11. The van der Waals surface area contributed by atoms with Gasteiger partial charge < -0.3 is 18.6 Å². The molecule has 0 radical (unpaired) electrons. The highest BCUT2D eigenvalue weighted by Crippen LogP contribution is 2.58. The van der Waals surface area contributed by atoms with E-state index in [1.165, 1.54) is 64.3 Å². The van der Waals surface area contributed by atoms with Crippen LogP contribution in [0.2, 0.25) is 0 Å². The largest absolute Gasteiger partial charge is 0.484 e. The third-order valence-electron chi connectivity index (χ3n) is 24.2. The van der Waals surface area contributed by atoms with Crippen molar-refractivity contribution in [3.05, 3.63) is 416 Å². The van der Waals surface area contributed by atoms with Gasteiger partial charge in [-0.1, -0.05) is 303 Å². The molecule has 0 fully saturated rings. The zero-order valence-corrected chi connectivity index (χ0v) is 65.4. The Morgan fingerprint density at radius 1 is 0.242 bits per heavy atom. The summed E-state index contributed by atoms with van der Waals surface area (Å²) in [7, 11) is 0. The van der Waals surface area contributed by atoms with Gasteiger partial charge in [-0.2, -0.15) is 9.97 Å². The molecule has 15 aromatic carbocycles. The molecule has 4 atom stereocenters. The molecule has 0 spiro atoms. The molecule has 12 heteroatoms. The third kappa shape index (κ3) is 11.4. The molecule has 25 rings (SSSR count). The van der Waals surface area contributed by atoms with Crippen LogP contribution in [0, 0.1) is 0 Å². The first kappa shape index (κ1) is 68.9. The monoisotopic (exact) mass is 1560 g/mol. The lowest BCUT2D eigenvalue weighted by Gasteiger charge is -2.23. The van der Waals surface area contributed by atoms with Crippen molar-refractivity contribution in [3.8, 4) is 119 Å². The summed E-state index contributed by atoms with van der Waals surface area (Å²) in [5.41, 5.74) is 25.1. The summed E-state index contributed by atoms with van der Waals surface area (Å²) < 4.78 is 23.6. The number of aromatic nitrogens is 9. The van der Waals surface area contributed by atoms with Crippen LogP contribution in [-0.4, -0.2) is 43.6 Å². The van der Waals surface area contributed by atoms with Crippen molar-refractivity contribution in [2.24, 2.45) is 0 Å². The smallest absolute Gasteiger partial charge is 0.238 e. The number of benzene rings is 15. The maximum Gasteiger partial charge on any atom is 0.238 e. The molecule has 4 unspecified atom stereocenters. The van der Waals surface area contributed by atoms with E-state index in [-0.39, 0.29) is 24.0 Å². The van der Waals surface area contributed by atoms with Gasteiger partial charge in [0, 0.05) is 115 Å². The predicted octanol–water partition coefficient (Wildman–Crippen LogP) is 26.9. The summed E-state index contributed by atoms with van der Waals surface area (Å²) in [5.74, 6) is 5.28. The van der Waals surface area contributed by atoms with Crippen LogP contribution in [0.1, 0.15) is 57.7 Å². The number of hydrogen-bond donors (Lipinski definition) is 0. The fourth-order valence-corrected chi connectivity index (χ4v) is 20.0. The van der Waals surface area contributed by atoms with Gasteiger partial charge in [-0.15, -0.1) is 11.3 Å². The fourth-order valence-electron chi connectivity index (χ4n) is 18.8. The molecule has 21 aromatic rings. The van der Waals surface area contributed by atoms with Gasteiger partial charge in [-0.25, -0.2) is 19.9 Å². The van der Waals surface area contributed by atoms with Gasteiger partial charge in [-0.3, -0.25) is 4.57 Å². The van der Waals surface area contributed by atoms with E-state index >= 15 is 0 Å². The molecule has 0 N–H and O–H groups in total. The molecule has 0 saturated carbocycles. The highest BCUT2D eigenvalue weighted by Gasteiger charge is 2.44. The van der Waals surface area contributed by atoms with Crippen LogP contribution in [0.5, 0.6) is 11.5 Å². The number of fused-ring (bicyclic) bond motifs is 20. The van der Waals surface area contributed by atoms with Crippen molar-refractivity contribution in [2.75, 3.05) is 0 Å². The standard InChI is InChI=1S/C57H37N5O.C51H32N4OS/c1-3-16-36(17-4-1)38-20-13-22-40(34-38)55-58-56(60-57(59-55)62-47-28-10-7-24-42(47)43-25-8-11-29-48(43)62)46-27-15-31-51-52(46)45-32-33-50-53(54(45)63-51)44-26-9-12-30-49(44)61(50)41-23-14-21-39(35-41)37-18-5-2-6-19-37;1-3-13-31(14-4-1)33-17-11-18-35(29-33)55-41-22-9-7-20-38(41)47-42(55)28-27-39-46-40(21-12-23-43(46)56-48(39)47)51-53-49(32-15-5-2-6-16-32)52-50(54-51)34-25-26-37-36-19-8-10-24-44(36)57-45(37)30-34/h1-35,45,54H;1-30,39,48H. The molecular formula is C108H69N9O2S. The summed E-state index contributed by atoms with van der Waals surface area (Å²) in [6, 6.07) is 130. The quantitative estimate of drug-likeness (QED) is 0.126. The Hall–Kier alpha value is -15.5. The minimum Gasteiger partial charge on any atom is -0.484 e. The van der Waals surface area contributed by atoms with E-state index in [2.05, 4.69) is 384 Å². The number of para-hydroxylation sites is 4. The molecule has 0 amide bonds. The molecule has 2 aliphatic carbocycles. The Morgan fingerprint density at radius 2 is 0.608 bits per heavy atom. The van der Waals surface area contributed by atoms with Gasteiger partial charge in [0.15, 0.2) is 29.1 Å². The SMILES string of the molecule is C1=CC2c3c(cccc3-c3nc(-c4cccc(-c5ccccc5)c4)nc(-n4c5ccccc5c5ccccc54)n3)OC2c2c1n(-c1cccc(-c3ccccc3)c1)c1ccccc21.C1=CC2c3c(cccc3-c3nc(-c4ccccc4)nc(-c4ccc5c(c4)sc4ccccc45)n3)OC2c2c1n(-c1cccc(-c3ccccc3)c1)c1ccccc21. The third-order valence-corrected chi connectivity index (χ3v) is 25.3. The normalized spacial score (nSPS) is 15.2. The van der Waals surface area contributed by atoms with Crippen LogP contribution in [0.25, 0.3) is 184 Å². The average Bonchev–Trinajstić information content (AvgIpc) is 1.56. The van der Waals surface area contributed by atoms with Crippen molar-refractivity contribution in [3.63, 3.8) is 0 Å². The molecular weight excluding hydrogens is 1490 g/mol. The van der Waals surface area contributed by atoms with E-state index in [1.807, 2.05) is 24.3 Å². The van der Waals surface area contributed by atoms with Crippen molar-refractivity contribution in [2.45, 2.75) is 24.0 Å². The van der Waals surface area contributed by atoms with Gasteiger partial charge >= 0.3 is 0 Å². The van der Waals surface area contributed by atoms with Gasteiger partial charge in [0.25, 0.3) is 0 Å². The number of hydrogen-bond acceptors (Lipinski definition) is 9. The summed E-state index contributed by atoms with van der Waals surface area (Å²) in [6.45, 7) is 0. The molecule has 4 aliphatic rings. The van der Waals surface area contributed by atoms with Crippen LogP contribution in [0.4, 0.5) is 0 Å². The lowest BCUT2D eigenvalue weighted by atomic mass is 9.83. The second kappa shape index (κ2) is 28.2. The molecule has 11 nitrogen and oxygen atoms in total. The van der Waals surface area contributed by atoms with Crippen molar-refractivity contribution >= 4 is 87.3 Å². The van der Waals surface area contributed by atoms with Crippen molar-refractivity contribution < 1.29 is 9.47 Å². The van der Waals surface area contributed by atoms with Crippen LogP contribution in [0.3, 0.4) is 0 Å². The second-order valence-electron chi connectivity index (χ2n) is 31.0. The van der Waals surface area contributed by atoms with Gasteiger partial charge in [-0.05, 0) is 124 Å². The highest BCUT2D eigenvalue weighted by atomic mass is 32.1. The van der Waals surface area contributed by atoms with E-state index in [0.29, 0.717) is 35.1 Å². The van der Waals surface area contributed by atoms with Gasteiger partial charge in [0.2, 0.25) is 5.95 Å². The number of rotatable bonds is 11. The molecule has 6 aromatic heterocycles. The Morgan fingerprint density at radius 3 is 1.13 bits per heavy atom. The van der Waals surface area contributed by atoms with Crippen molar-refractivity contribution in [1.29, 1.82) is 0 Å². The van der Waals surface area contributed by atoms with Crippen molar-refractivity contribution in [1.82, 2.24) is 43.6 Å². The van der Waals surface area contributed by atoms with Crippen LogP contribution in [0.15, 0.2) is 382 Å². The first-order valence-corrected chi connectivity index (χ1v) is 41.5. The Labute approximate surface area is 694 Å². The number of nitrogens with zero attached hydrogens (tertiary/aromatic N) is 9. The predicted molar refractivity (Wildman–Crippen MR) is 487 cm³/mol. The topological polar surface area (TPSA) is 111 Å². The summed E-state index contributed by atoms with van der Waals surface area (Å²) >= 11 is 1.80. The van der Waals surface area contributed by atoms with E-state index in [0.717, 1.165) is 117 Å². The zero-order chi connectivity index (χ0) is 78.9. The van der Waals surface area contributed by atoms with Crippen LogP contribution in [-0.2, 0) is 0 Å². The average molecular weight is 1560 g/mol. The molecule has 0 bridgehead atoms.